The molecule has 9 nitrogen and oxygen atoms in total. The van der Waals surface area contributed by atoms with Crippen LogP contribution in [0.2, 0.25) is 0 Å². The van der Waals surface area contributed by atoms with Crippen molar-refractivity contribution in [1.29, 1.82) is 5.26 Å². The summed E-state index contributed by atoms with van der Waals surface area (Å²) in [6.07, 6.45) is 3.10. The van der Waals surface area contributed by atoms with Crippen LogP contribution in [0, 0.1) is 11.3 Å². The van der Waals surface area contributed by atoms with E-state index < -0.39 is 24.0 Å². The number of rotatable bonds is 7. The van der Waals surface area contributed by atoms with Gasteiger partial charge in [0.15, 0.2) is 0 Å². The number of nitriles is 1. The van der Waals surface area contributed by atoms with Crippen molar-refractivity contribution in [2.45, 2.75) is 12.5 Å². The van der Waals surface area contributed by atoms with E-state index in [2.05, 4.69) is 10.1 Å². The molecule has 138 valence electrons. The fraction of sp³-hybridized carbons (Fsp3) is 0.600. The second-order valence-corrected chi connectivity index (χ2v) is 6.28. The molecule has 25 heavy (non-hydrogen) atoms. The van der Waals surface area contributed by atoms with Crippen molar-refractivity contribution in [3.05, 3.63) is 11.8 Å². The number of ether oxygens (including phenoxy) is 1. The highest BCUT2D eigenvalue weighted by molar-refractivity contribution is 7.98. The molecule has 0 spiro atoms. The first kappa shape index (κ1) is 20.6. The normalized spacial score (nSPS) is 16.0. The SMILES string of the molecule is COC(=O)N1CCN(/C=C(/C#N)C(=O)NC(CCSC)C(=O)O)CC1. The van der Waals surface area contributed by atoms with E-state index in [9.17, 15) is 19.6 Å². The third kappa shape index (κ3) is 6.54. The lowest BCUT2D eigenvalue weighted by atomic mass is 10.2. The molecule has 0 bridgehead atoms. The average Bonchev–Trinajstić information content (AvgIpc) is 2.62. The van der Waals surface area contributed by atoms with Crippen LogP contribution in [-0.4, -0.2) is 84.2 Å². The summed E-state index contributed by atoms with van der Waals surface area (Å²) in [5, 5.41) is 20.7. The zero-order valence-corrected chi connectivity index (χ0v) is 15.0. The van der Waals surface area contributed by atoms with Gasteiger partial charge >= 0.3 is 12.1 Å². The Morgan fingerprint density at radius 2 is 2.00 bits per heavy atom. The summed E-state index contributed by atoms with van der Waals surface area (Å²) in [5.74, 6) is -1.27. The summed E-state index contributed by atoms with van der Waals surface area (Å²) in [5.41, 5.74) is -0.165. The minimum atomic E-state index is -1.13. The molecule has 0 aromatic heterocycles. The van der Waals surface area contributed by atoms with E-state index in [1.165, 1.54) is 30.0 Å². The Morgan fingerprint density at radius 3 is 2.48 bits per heavy atom. The van der Waals surface area contributed by atoms with Gasteiger partial charge in [0.25, 0.3) is 5.91 Å². The Labute approximate surface area is 150 Å². The van der Waals surface area contributed by atoms with Gasteiger partial charge in [-0.1, -0.05) is 0 Å². The number of methoxy groups -OCH3 is 1. The van der Waals surface area contributed by atoms with Gasteiger partial charge in [-0.25, -0.2) is 9.59 Å². The molecule has 2 N–H and O–H groups in total. The smallest absolute Gasteiger partial charge is 0.409 e. The molecule has 1 aliphatic rings. The molecule has 1 aliphatic heterocycles. The zero-order valence-electron chi connectivity index (χ0n) is 14.2. The molecule has 1 saturated heterocycles. The molecule has 1 fully saturated rings. The summed E-state index contributed by atoms with van der Waals surface area (Å²) in [6, 6.07) is 0.764. The number of carboxylic acids is 1. The van der Waals surface area contributed by atoms with Crippen LogP contribution >= 0.6 is 11.8 Å². The average molecular weight is 370 g/mol. The third-order valence-electron chi connectivity index (χ3n) is 3.64. The monoisotopic (exact) mass is 370 g/mol. The van der Waals surface area contributed by atoms with Crippen LogP contribution < -0.4 is 5.32 Å². The van der Waals surface area contributed by atoms with Crippen molar-refractivity contribution in [2.75, 3.05) is 45.3 Å². The zero-order chi connectivity index (χ0) is 18.8. The van der Waals surface area contributed by atoms with Crippen LogP contribution in [0.3, 0.4) is 0 Å². The van der Waals surface area contributed by atoms with Crippen molar-refractivity contribution >= 4 is 29.7 Å². The maximum Gasteiger partial charge on any atom is 0.409 e. The van der Waals surface area contributed by atoms with Gasteiger partial charge in [-0.3, -0.25) is 4.79 Å². The largest absolute Gasteiger partial charge is 0.480 e. The third-order valence-corrected chi connectivity index (χ3v) is 4.28. The van der Waals surface area contributed by atoms with E-state index in [4.69, 9.17) is 5.11 Å². The summed E-state index contributed by atoms with van der Waals surface area (Å²) >= 11 is 1.48. The number of carboxylic acid groups (broad SMARTS) is 1. The lowest BCUT2D eigenvalue weighted by Gasteiger charge is -2.33. The van der Waals surface area contributed by atoms with Gasteiger partial charge in [0.2, 0.25) is 0 Å². The van der Waals surface area contributed by atoms with Crippen molar-refractivity contribution in [1.82, 2.24) is 15.1 Å². The number of thioether (sulfide) groups is 1. The lowest BCUT2D eigenvalue weighted by molar-refractivity contribution is -0.141. The maximum atomic E-state index is 12.2. The van der Waals surface area contributed by atoms with Gasteiger partial charge in [-0.2, -0.15) is 17.0 Å². The van der Waals surface area contributed by atoms with Gasteiger partial charge in [-0.05, 0) is 18.4 Å². The predicted octanol–water partition coefficient (Wildman–Crippen LogP) is 0.100. The van der Waals surface area contributed by atoms with Crippen LogP contribution in [0.5, 0.6) is 0 Å². The van der Waals surface area contributed by atoms with Crippen molar-refractivity contribution in [2.24, 2.45) is 0 Å². The molecule has 1 rings (SSSR count). The van der Waals surface area contributed by atoms with Gasteiger partial charge in [0.1, 0.15) is 17.7 Å². The quantitative estimate of drug-likeness (QED) is 0.478. The number of piperazine rings is 1. The predicted molar refractivity (Wildman–Crippen MR) is 91.8 cm³/mol. The first-order valence-corrected chi connectivity index (χ1v) is 9.03. The second kappa shape index (κ2) is 10.5. The van der Waals surface area contributed by atoms with Gasteiger partial charge in [0, 0.05) is 32.4 Å². The minimum Gasteiger partial charge on any atom is -0.480 e. The molecule has 0 aliphatic carbocycles. The van der Waals surface area contributed by atoms with Crippen LogP contribution in [0.15, 0.2) is 11.8 Å². The lowest BCUT2D eigenvalue weighted by Crippen LogP contribution is -2.47. The first-order chi connectivity index (χ1) is 11.9. The standard InChI is InChI=1S/C15H22N4O5S/c1-24-15(23)19-6-4-18(5-7-19)10-11(9-16)13(20)17-12(14(21)22)3-8-25-2/h10,12H,3-8H2,1-2H3,(H,17,20)(H,21,22)/b11-10-. The number of carbonyl (C=O) groups excluding carboxylic acids is 2. The summed E-state index contributed by atoms with van der Waals surface area (Å²) < 4.78 is 4.64. The number of aliphatic carboxylic acids is 1. The van der Waals surface area contributed by atoms with Gasteiger partial charge in [0.05, 0.1) is 7.11 Å². The molecule has 1 heterocycles. The first-order valence-electron chi connectivity index (χ1n) is 7.64. The Bertz CT molecular complexity index is 567. The van der Waals surface area contributed by atoms with E-state index in [0.717, 1.165) is 0 Å². The molecule has 1 unspecified atom stereocenters. The minimum absolute atomic E-state index is 0.165. The second-order valence-electron chi connectivity index (χ2n) is 5.29. The van der Waals surface area contributed by atoms with Crippen LogP contribution in [0.25, 0.3) is 0 Å². The number of hydrogen-bond donors (Lipinski definition) is 2. The highest BCUT2D eigenvalue weighted by atomic mass is 32.2. The van der Waals surface area contributed by atoms with Crippen molar-refractivity contribution < 1.29 is 24.2 Å². The highest BCUT2D eigenvalue weighted by Crippen LogP contribution is 2.07. The van der Waals surface area contributed by atoms with Crippen LogP contribution in [-0.2, 0) is 14.3 Å². The molecule has 0 aromatic rings. The van der Waals surface area contributed by atoms with E-state index in [1.807, 2.05) is 6.26 Å². The fourth-order valence-corrected chi connectivity index (χ4v) is 2.68. The van der Waals surface area contributed by atoms with E-state index in [1.54, 1.807) is 11.0 Å². The number of amides is 2. The van der Waals surface area contributed by atoms with Crippen molar-refractivity contribution in [3.63, 3.8) is 0 Å². The van der Waals surface area contributed by atoms with E-state index in [-0.39, 0.29) is 12.0 Å². The summed E-state index contributed by atoms with van der Waals surface area (Å²) in [6.45, 7) is 1.72. The highest BCUT2D eigenvalue weighted by Gasteiger charge is 2.24. The Hall–Kier alpha value is -2.41. The molecule has 1 atom stereocenters. The fourth-order valence-electron chi connectivity index (χ4n) is 2.21. The maximum absolute atomic E-state index is 12.2. The molecular formula is C15H22N4O5S. The topological polar surface area (TPSA) is 123 Å². The Morgan fingerprint density at radius 1 is 1.36 bits per heavy atom. The van der Waals surface area contributed by atoms with Crippen LogP contribution in [0.1, 0.15) is 6.42 Å². The number of carbonyl (C=O) groups is 3. The molecule has 2 amide bonds. The molecule has 10 heteroatoms. The Kier molecular flexibility index (Phi) is 8.63. The number of nitrogens with zero attached hydrogens (tertiary/aromatic N) is 3. The molecule has 0 saturated carbocycles. The summed E-state index contributed by atoms with van der Waals surface area (Å²) in [7, 11) is 1.31. The van der Waals surface area contributed by atoms with E-state index >= 15 is 0 Å². The van der Waals surface area contributed by atoms with Crippen LogP contribution in [0.4, 0.5) is 4.79 Å². The molecule has 0 aromatic carbocycles. The summed E-state index contributed by atoms with van der Waals surface area (Å²) in [4.78, 5) is 38.0. The molecular weight excluding hydrogens is 348 g/mol. The van der Waals surface area contributed by atoms with Gasteiger partial charge in [-0.15, -0.1) is 0 Å². The number of hydrogen-bond acceptors (Lipinski definition) is 7. The van der Waals surface area contributed by atoms with Crippen molar-refractivity contribution in [3.8, 4) is 6.07 Å². The number of nitrogens with one attached hydrogen (secondary N) is 1. The Balaban J connectivity index is 2.66. The van der Waals surface area contributed by atoms with E-state index in [0.29, 0.717) is 31.9 Å². The van der Waals surface area contributed by atoms with Gasteiger partial charge < -0.3 is 25.0 Å². The molecule has 0 radical (unpaired) electrons.